The Hall–Kier alpha value is -0.650. The molecule has 0 aromatic carbocycles. The summed E-state index contributed by atoms with van der Waals surface area (Å²) < 4.78 is 1.07. The van der Waals surface area contributed by atoms with Crippen molar-refractivity contribution in [3.63, 3.8) is 0 Å². The van der Waals surface area contributed by atoms with Gasteiger partial charge in [0.1, 0.15) is 5.82 Å². The summed E-state index contributed by atoms with van der Waals surface area (Å²) >= 11 is 3.55. The first-order chi connectivity index (χ1) is 9.76. The lowest BCUT2D eigenvalue weighted by Crippen LogP contribution is -2.46. The van der Waals surface area contributed by atoms with E-state index in [0.29, 0.717) is 0 Å². The average Bonchev–Trinajstić information content (AvgIpc) is 3.30. The highest BCUT2D eigenvalue weighted by Crippen LogP contribution is 2.25. The van der Waals surface area contributed by atoms with Crippen molar-refractivity contribution in [2.75, 3.05) is 37.6 Å². The Kier molecular flexibility index (Phi) is 4.58. The van der Waals surface area contributed by atoms with Gasteiger partial charge in [0, 0.05) is 55.0 Å². The molecular weight excluding hydrogens is 316 g/mol. The van der Waals surface area contributed by atoms with Crippen molar-refractivity contribution in [1.29, 1.82) is 0 Å². The molecule has 4 nitrogen and oxygen atoms in total. The third-order valence-electron chi connectivity index (χ3n) is 4.19. The molecule has 1 aliphatic heterocycles. The molecule has 2 fully saturated rings. The van der Waals surface area contributed by atoms with Crippen LogP contribution in [0.2, 0.25) is 0 Å². The second kappa shape index (κ2) is 6.41. The summed E-state index contributed by atoms with van der Waals surface area (Å²) in [7, 11) is 0. The first kappa shape index (κ1) is 14.3. The number of anilines is 1. The molecule has 1 aromatic rings. The van der Waals surface area contributed by atoms with Gasteiger partial charge in [0.2, 0.25) is 0 Å². The van der Waals surface area contributed by atoms with E-state index in [1.54, 1.807) is 0 Å². The third-order valence-corrected chi connectivity index (χ3v) is 4.62. The van der Waals surface area contributed by atoms with Crippen LogP contribution in [0.1, 0.15) is 25.3 Å². The first-order valence-corrected chi connectivity index (χ1v) is 8.40. The molecular formula is C15H23BrN4. The van der Waals surface area contributed by atoms with Crippen molar-refractivity contribution >= 4 is 21.7 Å². The standard InChI is InChI=1S/C15H23BrN4/c1-2-19-5-7-20(8-6-19)15-12(9-13(16)11-18-15)10-17-14-3-4-14/h9,11,14,17H,2-8,10H2,1H3. The quantitative estimate of drug-likeness (QED) is 0.892. The van der Waals surface area contributed by atoms with Crippen molar-refractivity contribution in [3.05, 3.63) is 22.3 Å². The molecule has 0 radical (unpaired) electrons. The number of nitrogens with one attached hydrogen (secondary N) is 1. The SMILES string of the molecule is CCN1CCN(c2ncc(Br)cc2CNC2CC2)CC1. The molecule has 0 unspecified atom stereocenters. The van der Waals surface area contributed by atoms with E-state index in [1.165, 1.54) is 18.4 Å². The maximum absolute atomic E-state index is 4.67. The van der Waals surface area contributed by atoms with Crippen LogP contribution < -0.4 is 10.2 Å². The summed E-state index contributed by atoms with van der Waals surface area (Å²) in [4.78, 5) is 9.60. The fraction of sp³-hybridized carbons (Fsp3) is 0.667. The van der Waals surface area contributed by atoms with Gasteiger partial charge in [0.05, 0.1) is 0 Å². The summed E-state index contributed by atoms with van der Waals surface area (Å²) in [5.74, 6) is 1.16. The molecule has 2 aliphatic rings. The van der Waals surface area contributed by atoms with Crippen molar-refractivity contribution in [2.24, 2.45) is 0 Å². The van der Waals surface area contributed by atoms with Crippen LogP contribution in [0.15, 0.2) is 16.7 Å². The van der Waals surface area contributed by atoms with Crippen molar-refractivity contribution in [3.8, 4) is 0 Å². The zero-order chi connectivity index (χ0) is 13.9. The number of aromatic nitrogens is 1. The van der Waals surface area contributed by atoms with Gasteiger partial charge in [-0.05, 0) is 41.4 Å². The molecule has 5 heteroatoms. The highest BCUT2D eigenvalue weighted by Gasteiger charge is 2.23. The molecule has 1 saturated heterocycles. The Balaban J connectivity index is 1.70. The Labute approximate surface area is 129 Å². The molecule has 2 heterocycles. The predicted molar refractivity (Wildman–Crippen MR) is 86.1 cm³/mol. The van der Waals surface area contributed by atoms with Gasteiger partial charge < -0.3 is 15.1 Å². The lowest BCUT2D eigenvalue weighted by Gasteiger charge is -2.35. The van der Waals surface area contributed by atoms with Gasteiger partial charge in [-0.3, -0.25) is 0 Å². The molecule has 0 bridgehead atoms. The summed E-state index contributed by atoms with van der Waals surface area (Å²) in [6, 6.07) is 2.95. The summed E-state index contributed by atoms with van der Waals surface area (Å²) in [5.41, 5.74) is 1.32. The smallest absolute Gasteiger partial charge is 0.133 e. The molecule has 0 atom stereocenters. The monoisotopic (exact) mass is 338 g/mol. The Morgan fingerprint density at radius 3 is 2.70 bits per heavy atom. The number of likely N-dealkylation sites (N-methyl/N-ethyl adjacent to an activating group) is 1. The number of hydrogen-bond donors (Lipinski definition) is 1. The van der Waals surface area contributed by atoms with E-state index in [0.717, 1.165) is 55.6 Å². The van der Waals surface area contributed by atoms with E-state index in [4.69, 9.17) is 0 Å². The number of rotatable bonds is 5. The Morgan fingerprint density at radius 1 is 1.30 bits per heavy atom. The fourth-order valence-corrected chi connectivity index (χ4v) is 3.09. The minimum atomic E-state index is 0.735. The zero-order valence-corrected chi connectivity index (χ0v) is 13.7. The molecule has 1 saturated carbocycles. The van der Waals surface area contributed by atoms with Crippen LogP contribution in [-0.2, 0) is 6.54 Å². The van der Waals surface area contributed by atoms with Crippen LogP contribution in [0.3, 0.4) is 0 Å². The van der Waals surface area contributed by atoms with E-state index in [2.05, 4.69) is 49.0 Å². The molecule has 1 aliphatic carbocycles. The van der Waals surface area contributed by atoms with E-state index < -0.39 is 0 Å². The van der Waals surface area contributed by atoms with Gasteiger partial charge in [-0.1, -0.05) is 6.92 Å². The maximum atomic E-state index is 4.67. The van der Waals surface area contributed by atoms with Crippen molar-refractivity contribution in [1.82, 2.24) is 15.2 Å². The van der Waals surface area contributed by atoms with Crippen LogP contribution in [0.5, 0.6) is 0 Å². The second-order valence-electron chi connectivity index (χ2n) is 5.71. The lowest BCUT2D eigenvalue weighted by atomic mass is 10.2. The summed E-state index contributed by atoms with van der Waals surface area (Å²) in [5, 5.41) is 3.60. The zero-order valence-electron chi connectivity index (χ0n) is 12.1. The number of hydrogen-bond acceptors (Lipinski definition) is 4. The lowest BCUT2D eigenvalue weighted by molar-refractivity contribution is 0.270. The fourth-order valence-electron chi connectivity index (χ4n) is 2.71. The van der Waals surface area contributed by atoms with Gasteiger partial charge in [0.15, 0.2) is 0 Å². The minimum Gasteiger partial charge on any atom is -0.354 e. The van der Waals surface area contributed by atoms with Gasteiger partial charge >= 0.3 is 0 Å². The van der Waals surface area contributed by atoms with Crippen LogP contribution in [0.25, 0.3) is 0 Å². The van der Waals surface area contributed by atoms with Gasteiger partial charge in [-0.2, -0.15) is 0 Å². The van der Waals surface area contributed by atoms with Crippen molar-refractivity contribution in [2.45, 2.75) is 32.4 Å². The van der Waals surface area contributed by atoms with E-state index in [1.807, 2.05) is 6.20 Å². The molecule has 0 amide bonds. The molecule has 0 spiro atoms. The number of pyridine rings is 1. The number of piperazine rings is 1. The number of nitrogens with zero attached hydrogens (tertiary/aromatic N) is 3. The third kappa shape index (κ3) is 3.51. The predicted octanol–water partition coefficient (Wildman–Crippen LogP) is 2.24. The summed E-state index contributed by atoms with van der Waals surface area (Å²) in [6.07, 6.45) is 4.57. The molecule has 3 rings (SSSR count). The van der Waals surface area contributed by atoms with Gasteiger partial charge in [-0.15, -0.1) is 0 Å². The highest BCUT2D eigenvalue weighted by molar-refractivity contribution is 9.10. The minimum absolute atomic E-state index is 0.735. The van der Waals surface area contributed by atoms with E-state index in [9.17, 15) is 0 Å². The Morgan fingerprint density at radius 2 is 2.05 bits per heavy atom. The molecule has 20 heavy (non-hydrogen) atoms. The number of halogens is 1. The average molecular weight is 339 g/mol. The van der Waals surface area contributed by atoms with Crippen LogP contribution in [-0.4, -0.2) is 48.6 Å². The van der Waals surface area contributed by atoms with E-state index >= 15 is 0 Å². The molecule has 1 aromatic heterocycles. The van der Waals surface area contributed by atoms with Crippen molar-refractivity contribution < 1.29 is 0 Å². The highest BCUT2D eigenvalue weighted by atomic mass is 79.9. The first-order valence-electron chi connectivity index (χ1n) is 7.61. The molecule has 110 valence electrons. The topological polar surface area (TPSA) is 31.4 Å². The molecule has 1 N–H and O–H groups in total. The van der Waals surface area contributed by atoms with E-state index in [-0.39, 0.29) is 0 Å². The normalized spacial score (nSPS) is 20.4. The maximum Gasteiger partial charge on any atom is 0.133 e. The summed E-state index contributed by atoms with van der Waals surface area (Å²) in [6.45, 7) is 8.77. The Bertz CT molecular complexity index is 453. The van der Waals surface area contributed by atoms with Crippen LogP contribution in [0.4, 0.5) is 5.82 Å². The van der Waals surface area contributed by atoms with Gasteiger partial charge in [-0.25, -0.2) is 4.98 Å². The van der Waals surface area contributed by atoms with Crippen LogP contribution in [0, 0.1) is 0 Å². The second-order valence-corrected chi connectivity index (χ2v) is 6.63. The van der Waals surface area contributed by atoms with Crippen LogP contribution >= 0.6 is 15.9 Å². The van der Waals surface area contributed by atoms with Gasteiger partial charge in [0.25, 0.3) is 0 Å². The largest absolute Gasteiger partial charge is 0.354 e.